The van der Waals surface area contributed by atoms with Gasteiger partial charge in [0.25, 0.3) is 5.91 Å². The monoisotopic (exact) mass is 324 g/mol. The molecule has 1 heterocycles. The van der Waals surface area contributed by atoms with E-state index >= 15 is 0 Å². The molecule has 1 amide bonds. The Morgan fingerprint density at radius 3 is 2.70 bits per heavy atom. The van der Waals surface area contributed by atoms with Crippen molar-refractivity contribution < 1.29 is 4.79 Å². The van der Waals surface area contributed by atoms with Gasteiger partial charge in [0.15, 0.2) is 0 Å². The van der Waals surface area contributed by atoms with Gasteiger partial charge in [-0.05, 0) is 48.6 Å². The van der Waals surface area contributed by atoms with Crippen molar-refractivity contribution in [3.8, 4) is 6.07 Å². The highest BCUT2D eigenvalue weighted by Crippen LogP contribution is 2.24. The molecule has 1 unspecified atom stereocenters. The van der Waals surface area contributed by atoms with Crippen LogP contribution in [0.25, 0.3) is 0 Å². The minimum atomic E-state index is -0.0410. The number of rotatable bonds is 3. The number of likely N-dealkylation sites (tertiary alicyclic amines) is 1. The van der Waals surface area contributed by atoms with Crippen molar-refractivity contribution >= 4 is 17.5 Å². The van der Waals surface area contributed by atoms with Gasteiger partial charge in [0.05, 0.1) is 17.2 Å². The van der Waals surface area contributed by atoms with Gasteiger partial charge in [0.1, 0.15) is 0 Å². The Bertz CT molecular complexity index is 749. The van der Waals surface area contributed by atoms with Gasteiger partial charge < -0.3 is 4.90 Å². The second kappa shape index (κ2) is 6.85. The zero-order chi connectivity index (χ0) is 16.2. The van der Waals surface area contributed by atoms with E-state index in [0.717, 1.165) is 31.0 Å². The highest BCUT2D eigenvalue weighted by atomic mass is 35.5. The summed E-state index contributed by atoms with van der Waals surface area (Å²) in [6, 6.07) is 17.0. The molecule has 1 fully saturated rings. The molecule has 2 aromatic rings. The van der Waals surface area contributed by atoms with Gasteiger partial charge in [0.2, 0.25) is 0 Å². The van der Waals surface area contributed by atoms with Crippen LogP contribution < -0.4 is 0 Å². The molecule has 0 aliphatic carbocycles. The summed E-state index contributed by atoms with van der Waals surface area (Å²) in [6.07, 6.45) is 1.93. The molecule has 4 heteroatoms. The molecule has 0 N–H and O–H groups in total. The van der Waals surface area contributed by atoms with Crippen LogP contribution in [0.4, 0.5) is 0 Å². The number of hydrogen-bond donors (Lipinski definition) is 0. The summed E-state index contributed by atoms with van der Waals surface area (Å²) < 4.78 is 0. The normalized spacial score (nSPS) is 17.0. The van der Waals surface area contributed by atoms with Crippen LogP contribution in [-0.4, -0.2) is 23.9 Å². The molecule has 0 saturated carbocycles. The van der Waals surface area contributed by atoms with Crippen LogP contribution in [0.3, 0.4) is 0 Å². The highest BCUT2D eigenvalue weighted by Gasteiger charge is 2.28. The predicted octanol–water partition coefficient (Wildman–Crippen LogP) is 3.92. The van der Waals surface area contributed by atoms with Crippen molar-refractivity contribution in [1.29, 1.82) is 5.26 Å². The van der Waals surface area contributed by atoms with E-state index in [1.165, 1.54) is 5.56 Å². The van der Waals surface area contributed by atoms with Crippen molar-refractivity contribution in [2.45, 2.75) is 12.8 Å². The molecule has 23 heavy (non-hydrogen) atoms. The third-order valence-corrected chi connectivity index (χ3v) is 4.54. The summed E-state index contributed by atoms with van der Waals surface area (Å²) in [7, 11) is 0. The lowest BCUT2D eigenvalue weighted by atomic mass is 9.99. The van der Waals surface area contributed by atoms with E-state index in [9.17, 15) is 4.79 Å². The Morgan fingerprint density at radius 2 is 1.96 bits per heavy atom. The Kier molecular flexibility index (Phi) is 4.64. The van der Waals surface area contributed by atoms with Crippen LogP contribution in [0.1, 0.15) is 27.9 Å². The lowest BCUT2D eigenvalue weighted by molar-refractivity contribution is 0.0787. The minimum Gasteiger partial charge on any atom is -0.338 e. The third-order valence-electron chi connectivity index (χ3n) is 4.29. The fourth-order valence-corrected chi connectivity index (χ4v) is 3.20. The lowest BCUT2D eigenvalue weighted by Gasteiger charge is -2.17. The summed E-state index contributed by atoms with van der Waals surface area (Å²) in [4.78, 5) is 14.5. The standard InChI is InChI=1S/C19H17ClN2O/c20-17-7-5-14(6-8-17)11-15-9-10-22(13-15)19(23)18-4-2-1-3-16(18)12-21/h1-8,15H,9-11,13H2. The average molecular weight is 325 g/mol. The molecule has 0 bridgehead atoms. The molecule has 1 aliphatic rings. The second-order valence-electron chi connectivity index (χ2n) is 5.89. The van der Waals surface area contributed by atoms with E-state index in [1.807, 2.05) is 29.2 Å². The molecular formula is C19H17ClN2O. The van der Waals surface area contributed by atoms with Gasteiger partial charge in [-0.15, -0.1) is 0 Å². The molecule has 2 aromatic carbocycles. The van der Waals surface area contributed by atoms with Gasteiger partial charge in [-0.1, -0.05) is 35.9 Å². The third kappa shape index (κ3) is 3.55. The largest absolute Gasteiger partial charge is 0.338 e. The van der Waals surface area contributed by atoms with Crippen molar-refractivity contribution in [1.82, 2.24) is 4.90 Å². The maximum Gasteiger partial charge on any atom is 0.255 e. The zero-order valence-electron chi connectivity index (χ0n) is 12.7. The summed E-state index contributed by atoms with van der Waals surface area (Å²) in [6.45, 7) is 1.48. The fraction of sp³-hybridized carbons (Fsp3) is 0.263. The molecule has 3 nitrogen and oxygen atoms in total. The van der Waals surface area contributed by atoms with E-state index in [0.29, 0.717) is 17.0 Å². The first kappa shape index (κ1) is 15.6. The maximum absolute atomic E-state index is 12.6. The van der Waals surface area contributed by atoms with Crippen LogP contribution in [0.15, 0.2) is 48.5 Å². The number of carbonyl (C=O) groups is 1. The van der Waals surface area contributed by atoms with Crippen LogP contribution in [0, 0.1) is 17.2 Å². The quantitative estimate of drug-likeness (QED) is 0.859. The van der Waals surface area contributed by atoms with Crippen molar-refractivity contribution in [3.63, 3.8) is 0 Å². The Morgan fingerprint density at radius 1 is 1.22 bits per heavy atom. The van der Waals surface area contributed by atoms with Crippen LogP contribution in [-0.2, 0) is 6.42 Å². The Balaban J connectivity index is 1.66. The highest BCUT2D eigenvalue weighted by molar-refractivity contribution is 6.30. The minimum absolute atomic E-state index is 0.0410. The summed E-state index contributed by atoms with van der Waals surface area (Å²) in [5, 5.41) is 9.89. The molecule has 0 aromatic heterocycles. The molecule has 0 spiro atoms. The first-order valence-electron chi connectivity index (χ1n) is 7.70. The smallest absolute Gasteiger partial charge is 0.255 e. The van der Waals surface area contributed by atoms with E-state index in [-0.39, 0.29) is 5.91 Å². The number of benzene rings is 2. The molecule has 1 saturated heterocycles. The number of carbonyl (C=O) groups excluding carboxylic acids is 1. The zero-order valence-corrected chi connectivity index (χ0v) is 13.5. The van der Waals surface area contributed by atoms with Gasteiger partial charge in [-0.25, -0.2) is 0 Å². The number of nitrogens with zero attached hydrogens (tertiary/aromatic N) is 2. The van der Waals surface area contributed by atoms with Gasteiger partial charge in [0, 0.05) is 18.1 Å². The number of halogens is 1. The first-order valence-corrected chi connectivity index (χ1v) is 8.08. The SMILES string of the molecule is N#Cc1ccccc1C(=O)N1CCC(Cc2ccc(Cl)cc2)C1. The van der Waals surface area contributed by atoms with E-state index < -0.39 is 0 Å². The second-order valence-corrected chi connectivity index (χ2v) is 6.33. The van der Waals surface area contributed by atoms with Crippen LogP contribution in [0.2, 0.25) is 5.02 Å². The summed E-state index contributed by atoms with van der Waals surface area (Å²) >= 11 is 5.91. The fourth-order valence-electron chi connectivity index (χ4n) is 3.07. The number of hydrogen-bond acceptors (Lipinski definition) is 2. The maximum atomic E-state index is 12.6. The van der Waals surface area contributed by atoms with Crippen LogP contribution >= 0.6 is 11.6 Å². The van der Waals surface area contributed by atoms with Gasteiger partial charge >= 0.3 is 0 Å². The van der Waals surface area contributed by atoms with Crippen molar-refractivity contribution in [2.75, 3.05) is 13.1 Å². The molecule has 0 radical (unpaired) electrons. The predicted molar refractivity (Wildman–Crippen MR) is 90.3 cm³/mol. The van der Waals surface area contributed by atoms with Crippen LogP contribution in [0.5, 0.6) is 0 Å². The van der Waals surface area contributed by atoms with Crippen molar-refractivity contribution in [3.05, 3.63) is 70.2 Å². The van der Waals surface area contributed by atoms with Crippen molar-refractivity contribution in [2.24, 2.45) is 5.92 Å². The summed E-state index contributed by atoms with van der Waals surface area (Å²) in [5.41, 5.74) is 2.19. The topological polar surface area (TPSA) is 44.1 Å². The van der Waals surface area contributed by atoms with E-state index in [1.54, 1.807) is 24.3 Å². The number of amides is 1. The van der Waals surface area contributed by atoms with E-state index in [4.69, 9.17) is 16.9 Å². The molecule has 3 rings (SSSR count). The van der Waals surface area contributed by atoms with E-state index in [2.05, 4.69) is 6.07 Å². The summed E-state index contributed by atoms with van der Waals surface area (Å²) in [5.74, 6) is 0.412. The Labute approximate surface area is 141 Å². The Hall–Kier alpha value is -2.31. The van der Waals surface area contributed by atoms with Gasteiger partial charge in [-0.3, -0.25) is 4.79 Å². The molecule has 1 aliphatic heterocycles. The number of nitriles is 1. The molecule has 116 valence electrons. The average Bonchev–Trinajstić information content (AvgIpc) is 3.05. The first-order chi connectivity index (χ1) is 11.2. The molecular weight excluding hydrogens is 308 g/mol. The molecule has 1 atom stereocenters. The lowest BCUT2D eigenvalue weighted by Crippen LogP contribution is -2.29. The van der Waals surface area contributed by atoms with Gasteiger partial charge in [-0.2, -0.15) is 5.26 Å².